The first-order valence-corrected chi connectivity index (χ1v) is 8.42. The minimum atomic E-state index is -0.521. The van der Waals surface area contributed by atoms with Crippen molar-refractivity contribution in [1.82, 2.24) is 10.3 Å². The van der Waals surface area contributed by atoms with Crippen molar-refractivity contribution >= 4 is 40.9 Å². The van der Waals surface area contributed by atoms with Crippen molar-refractivity contribution in [3.05, 3.63) is 57.8 Å². The SMILES string of the molecule is O=C(Nc1ccc(C(=O)OCc2nc(Cl)ccc2Cl)cc1)NC1CC1. The maximum atomic E-state index is 12.1. The number of anilines is 1. The molecule has 0 bridgehead atoms. The molecule has 2 N–H and O–H groups in total. The molecule has 0 radical (unpaired) electrons. The quantitative estimate of drug-likeness (QED) is 0.606. The molecule has 0 spiro atoms. The average molecular weight is 380 g/mol. The lowest BCUT2D eigenvalue weighted by molar-refractivity contribution is 0.0468. The number of urea groups is 1. The first kappa shape index (κ1) is 17.5. The van der Waals surface area contributed by atoms with E-state index in [1.54, 1.807) is 36.4 Å². The van der Waals surface area contributed by atoms with E-state index in [4.69, 9.17) is 27.9 Å². The van der Waals surface area contributed by atoms with Crippen LogP contribution in [0.2, 0.25) is 10.2 Å². The number of nitrogens with zero attached hydrogens (tertiary/aromatic N) is 1. The lowest BCUT2D eigenvalue weighted by Gasteiger charge is -2.08. The van der Waals surface area contributed by atoms with Crippen LogP contribution < -0.4 is 10.6 Å². The highest BCUT2D eigenvalue weighted by molar-refractivity contribution is 6.32. The highest BCUT2D eigenvalue weighted by atomic mass is 35.5. The molecule has 2 amide bonds. The zero-order chi connectivity index (χ0) is 17.8. The number of carbonyl (C=O) groups is 2. The Kier molecular flexibility index (Phi) is 5.40. The van der Waals surface area contributed by atoms with Crippen LogP contribution in [0, 0.1) is 0 Å². The topological polar surface area (TPSA) is 80.3 Å². The maximum Gasteiger partial charge on any atom is 0.338 e. The highest BCUT2D eigenvalue weighted by Gasteiger charge is 2.23. The van der Waals surface area contributed by atoms with Gasteiger partial charge in [-0.05, 0) is 49.2 Å². The molecule has 1 aromatic carbocycles. The summed E-state index contributed by atoms with van der Waals surface area (Å²) in [5, 5.41) is 6.17. The van der Waals surface area contributed by atoms with Crippen LogP contribution >= 0.6 is 23.2 Å². The van der Waals surface area contributed by atoms with Crippen LogP contribution in [-0.2, 0) is 11.3 Å². The summed E-state index contributed by atoms with van der Waals surface area (Å²) >= 11 is 11.8. The summed E-state index contributed by atoms with van der Waals surface area (Å²) in [5.74, 6) is -0.521. The standard InChI is InChI=1S/C17H15Cl2N3O3/c18-13-7-8-15(19)22-14(13)9-25-16(23)10-1-3-11(4-2-10)20-17(24)21-12-5-6-12/h1-4,7-8,12H,5-6,9H2,(H2,20,21,24). The maximum absolute atomic E-state index is 12.1. The van der Waals surface area contributed by atoms with E-state index in [1.165, 1.54) is 0 Å². The second kappa shape index (κ2) is 7.72. The van der Waals surface area contributed by atoms with Gasteiger partial charge in [-0.2, -0.15) is 0 Å². The Bertz CT molecular complexity index is 792. The van der Waals surface area contributed by atoms with Crippen molar-refractivity contribution in [2.24, 2.45) is 0 Å². The Morgan fingerprint density at radius 3 is 2.52 bits per heavy atom. The Labute approximate surface area is 154 Å². The second-order valence-corrected chi connectivity index (χ2v) is 6.38. The third-order valence-corrected chi connectivity index (χ3v) is 4.07. The molecule has 8 heteroatoms. The van der Waals surface area contributed by atoms with Gasteiger partial charge in [0.1, 0.15) is 11.8 Å². The summed E-state index contributed by atoms with van der Waals surface area (Å²) in [5.41, 5.74) is 1.33. The normalized spacial score (nSPS) is 13.2. The van der Waals surface area contributed by atoms with E-state index in [0.717, 1.165) is 12.8 Å². The fourth-order valence-electron chi connectivity index (χ4n) is 2.05. The first-order valence-electron chi connectivity index (χ1n) is 7.67. The molecule has 1 heterocycles. The van der Waals surface area contributed by atoms with E-state index < -0.39 is 5.97 Å². The number of esters is 1. The molecule has 1 aromatic heterocycles. The minimum Gasteiger partial charge on any atom is -0.456 e. The first-order chi connectivity index (χ1) is 12.0. The zero-order valence-electron chi connectivity index (χ0n) is 13.1. The number of halogens is 2. The number of rotatable bonds is 5. The van der Waals surface area contributed by atoms with E-state index in [-0.39, 0.29) is 23.8 Å². The van der Waals surface area contributed by atoms with Gasteiger partial charge in [0.05, 0.1) is 16.3 Å². The molecule has 0 atom stereocenters. The highest BCUT2D eigenvalue weighted by Crippen LogP contribution is 2.20. The van der Waals surface area contributed by atoms with Gasteiger partial charge in [-0.25, -0.2) is 14.6 Å². The predicted octanol–water partition coefficient (Wildman–Crippen LogP) is 4.03. The fraction of sp³-hybridized carbons (Fsp3) is 0.235. The number of pyridine rings is 1. The predicted molar refractivity (Wildman–Crippen MR) is 95.0 cm³/mol. The zero-order valence-corrected chi connectivity index (χ0v) is 14.6. The van der Waals surface area contributed by atoms with Crippen molar-refractivity contribution in [3.63, 3.8) is 0 Å². The Morgan fingerprint density at radius 1 is 1.12 bits per heavy atom. The van der Waals surface area contributed by atoms with E-state index in [1.807, 2.05) is 0 Å². The number of benzene rings is 1. The lowest BCUT2D eigenvalue weighted by Crippen LogP contribution is -2.30. The van der Waals surface area contributed by atoms with Crippen molar-refractivity contribution < 1.29 is 14.3 Å². The van der Waals surface area contributed by atoms with Crippen molar-refractivity contribution in [1.29, 1.82) is 0 Å². The van der Waals surface area contributed by atoms with Crippen LogP contribution in [0.3, 0.4) is 0 Å². The third-order valence-electron chi connectivity index (χ3n) is 3.52. The lowest BCUT2D eigenvalue weighted by atomic mass is 10.2. The molecule has 6 nitrogen and oxygen atoms in total. The molecule has 3 rings (SSSR count). The van der Waals surface area contributed by atoms with Crippen LogP contribution in [0.5, 0.6) is 0 Å². The molecule has 1 aliphatic rings. The second-order valence-electron chi connectivity index (χ2n) is 5.59. The molecular formula is C17H15Cl2N3O3. The average Bonchev–Trinajstić information content (AvgIpc) is 3.40. The number of aromatic nitrogens is 1. The Morgan fingerprint density at radius 2 is 1.84 bits per heavy atom. The van der Waals surface area contributed by atoms with Gasteiger partial charge in [-0.15, -0.1) is 0 Å². The smallest absolute Gasteiger partial charge is 0.338 e. The summed E-state index contributed by atoms with van der Waals surface area (Å²) in [6.07, 6.45) is 2.04. The van der Waals surface area contributed by atoms with Gasteiger partial charge in [0, 0.05) is 11.7 Å². The number of hydrogen-bond donors (Lipinski definition) is 2. The molecule has 0 aliphatic heterocycles. The van der Waals surface area contributed by atoms with Crippen LogP contribution in [0.15, 0.2) is 36.4 Å². The van der Waals surface area contributed by atoms with Crippen molar-refractivity contribution in [2.45, 2.75) is 25.5 Å². The van der Waals surface area contributed by atoms with E-state index in [9.17, 15) is 9.59 Å². The number of hydrogen-bond acceptors (Lipinski definition) is 4. The number of amides is 2. The minimum absolute atomic E-state index is 0.0813. The van der Waals surface area contributed by atoms with E-state index >= 15 is 0 Å². The van der Waals surface area contributed by atoms with Gasteiger partial charge in [0.15, 0.2) is 0 Å². The Balaban J connectivity index is 1.54. The molecule has 1 saturated carbocycles. The van der Waals surface area contributed by atoms with Crippen molar-refractivity contribution in [2.75, 3.05) is 5.32 Å². The monoisotopic (exact) mass is 379 g/mol. The summed E-state index contributed by atoms with van der Waals surface area (Å²) in [6.45, 7) is -0.0813. The van der Waals surface area contributed by atoms with Gasteiger partial charge >= 0.3 is 12.0 Å². The van der Waals surface area contributed by atoms with E-state index in [0.29, 0.717) is 22.0 Å². The van der Waals surface area contributed by atoms with Crippen molar-refractivity contribution in [3.8, 4) is 0 Å². The molecule has 25 heavy (non-hydrogen) atoms. The Hall–Kier alpha value is -2.31. The molecule has 1 fully saturated rings. The van der Waals surface area contributed by atoms with Crippen LogP contribution in [0.1, 0.15) is 28.9 Å². The van der Waals surface area contributed by atoms with Gasteiger partial charge in [0.2, 0.25) is 0 Å². The van der Waals surface area contributed by atoms with Crippen LogP contribution in [0.4, 0.5) is 10.5 Å². The largest absolute Gasteiger partial charge is 0.456 e. The molecule has 130 valence electrons. The van der Waals surface area contributed by atoms with Gasteiger partial charge in [-0.3, -0.25) is 0 Å². The van der Waals surface area contributed by atoms with Gasteiger partial charge < -0.3 is 15.4 Å². The van der Waals surface area contributed by atoms with E-state index in [2.05, 4.69) is 15.6 Å². The van der Waals surface area contributed by atoms with Crippen LogP contribution in [-0.4, -0.2) is 23.0 Å². The molecule has 0 unspecified atom stereocenters. The molecular weight excluding hydrogens is 365 g/mol. The summed E-state index contributed by atoms with van der Waals surface area (Å²) in [7, 11) is 0. The number of ether oxygens (including phenoxy) is 1. The number of carbonyl (C=O) groups excluding carboxylic acids is 2. The van der Waals surface area contributed by atoms with Gasteiger partial charge in [-0.1, -0.05) is 23.2 Å². The fourth-order valence-corrected chi connectivity index (χ4v) is 2.37. The van der Waals surface area contributed by atoms with Gasteiger partial charge in [0.25, 0.3) is 0 Å². The summed E-state index contributed by atoms with van der Waals surface area (Å²) in [4.78, 5) is 27.7. The third kappa shape index (κ3) is 5.08. The number of nitrogens with one attached hydrogen (secondary N) is 2. The summed E-state index contributed by atoms with van der Waals surface area (Å²) < 4.78 is 5.19. The summed E-state index contributed by atoms with van der Waals surface area (Å²) in [6, 6.07) is 9.58. The van der Waals surface area contributed by atoms with Crippen LogP contribution in [0.25, 0.3) is 0 Å². The molecule has 2 aromatic rings. The molecule has 1 aliphatic carbocycles. The molecule has 0 saturated heterocycles.